The standard InChI is InChI=1S/C10H15N3O2.C6H5NO2/c1-10(2,3)6-4-5-7(13-11)12-8(6)9(14)15;8-6(9)5-2-1-3-7-4-5/h4-5H,11H2,1-3H3,(H,12,13)(H,14,15);1-4H,(H,8,9). The molecule has 0 aromatic carbocycles. The van der Waals surface area contributed by atoms with Crippen LogP contribution in [0.4, 0.5) is 5.82 Å². The van der Waals surface area contributed by atoms with Crippen molar-refractivity contribution in [2.45, 2.75) is 26.2 Å². The van der Waals surface area contributed by atoms with E-state index in [4.69, 9.17) is 16.1 Å². The molecule has 2 aromatic rings. The van der Waals surface area contributed by atoms with E-state index in [0.29, 0.717) is 11.4 Å². The van der Waals surface area contributed by atoms with Gasteiger partial charge in [-0.05, 0) is 29.2 Å². The summed E-state index contributed by atoms with van der Waals surface area (Å²) in [6.07, 6.45) is 2.84. The highest BCUT2D eigenvalue weighted by Gasteiger charge is 2.23. The van der Waals surface area contributed by atoms with Gasteiger partial charge in [0.1, 0.15) is 5.82 Å². The zero-order chi connectivity index (χ0) is 18.3. The van der Waals surface area contributed by atoms with Crippen LogP contribution in [-0.2, 0) is 5.41 Å². The zero-order valence-electron chi connectivity index (χ0n) is 13.6. The minimum atomic E-state index is -1.04. The molecular formula is C16H20N4O4. The van der Waals surface area contributed by atoms with E-state index in [0.717, 1.165) is 0 Å². The van der Waals surface area contributed by atoms with Gasteiger partial charge in [0.05, 0.1) is 5.56 Å². The van der Waals surface area contributed by atoms with E-state index in [-0.39, 0.29) is 16.7 Å². The summed E-state index contributed by atoms with van der Waals surface area (Å²) in [5.74, 6) is 3.53. The fourth-order valence-corrected chi connectivity index (χ4v) is 1.80. The van der Waals surface area contributed by atoms with Crippen molar-refractivity contribution in [2.24, 2.45) is 5.84 Å². The van der Waals surface area contributed by atoms with E-state index in [2.05, 4.69) is 15.4 Å². The molecule has 0 saturated heterocycles. The molecule has 128 valence electrons. The monoisotopic (exact) mass is 332 g/mol. The molecule has 0 aliphatic carbocycles. The molecule has 0 fully saturated rings. The molecule has 0 aliphatic rings. The molecule has 5 N–H and O–H groups in total. The van der Waals surface area contributed by atoms with Crippen molar-refractivity contribution >= 4 is 17.8 Å². The van der Waals surface area contributed by atoms with Gasteiger partial charge in [0.15, 0.2) is 5.69 Å². The Kier molecular flexibility index (Phi) is 6.37. The van der Waals surface area contributed by atoms with Gasteiger partial charge in [0.2, 0.25) is 0 Å². The molecule has 0 saturated carbocycles. The van der Waals surface area contributed by atoms with E-state index >= 15 is 0 Å². The van der Waals surface area contributed by atoms with Gasteiger partial charge in [0.25, 0.3) is 0 Å². The molecule has 2 aromatic heterocycles. The number of hydrazine groups is 1. The Bertz CT molecular complexity index is 712. The normalized spacial score (nSPS) is 10.3. The summed E-state index contributed by atoms with van der Waals surface area (Å²) in [5.41, 5.74) is 3.02. The maximum Gasteiger partial charge on any atom is 0.354 e. The number of nitrogens with two attached hydrogens (primary N) is 1. The predicted molar refractivity (Wildman–Crippen MR) is 88.9 cm³/mol. The number of aromatic nitrogens is 2. The third-order valence-electron chi connectivity index (χ3n) is 2.96. The molecule has 8 heteroatoms. The smallest absolute Gasteiger partial charge is 0.354 e. The number of hydrogen-bond donors (Lipinski definition) is 4. The zero-order valence-corrected chi connectivity index (χ0v) is 13.6. The molecule has 2 rings (SSSR count). The number of carbonyl (C=O) groups is 2. The SMILES string of the molecule is CC(C)(C)c1ccc(NN)nc1C(=O)O.O=C(O)c1cccnc1. The number of aromatic carboxylic acids is 2. The first kappa shape index (κ1) is 19.0. The van der Waals surface area contributed by atoms with Gasteiger partial charge in [-0.25, -0.2) is 20.4 Å². The first-order valence-electron chi connectivity index (χ1n) is 7.01. The summed E-state index contributed by atoms with van der Waals surface area (Å²) in [5, 5.41) is 17.4. The van der Waals surface area contributed by atoms with Gasteiger partial charge in [-0.15, -0.1) is 0 Å². The van der Waals surface area contributed by atoms with Crippen LogP contribution in [-0.4, -0.2) is 32.1 Å². The lowest BCUT2D eigenvalue weighted by Gasteiger charge is -2.20. The van der Waals surface area contributed by atoms with E-state index in [9.17, 15) is 9.59 Å². The van der Waals surface area contributed by atoms with Gasteiger partial charge in [-0.1, -0.05) is 26.8 Å². The number of nitrogen functional groups attached to an aromatic ring is 1. The molecule has 0 radical (unpaired) electrons. The number of carboxylic acid groups (broad SMARTS) is 2. The Balaban J connectivity index is 0.000000272. The molecule has 2 heterocycles. The Labute approximate surface area is 139 Å². The van der Waals surface area contributed by atoms with Crippen LogP contribution in [0.1, 0.15) is 47.2 Å². The number of hydrogen-bond acceptors (Lipinski definition) is 6. The van der Waals surface area contributed by atoms with Crippen molar-refractivity contribution in [3.05, 3.63) is 53.5 Å². The van der Waals surface area contributed by atoms with Crippen molar-refractivity contribution in [3.8, 4) is 0 Å². The Hall–Kier alpha value is -3.00. The molecule has 24 heavy (non-hydrogen) atoms. The lowest BCUT2D eigenvalue weighted by atomic mass is 9.86. The Morgan fingerprint density at radius 2 is 1.79 bits per heavy atom. The van der Waals surface area contributed by atoms with Crippen LogP contribution in [0.3, 0.4) is 0 Å². The highest BCUT2D eigenvalue weighted by atomic mass is 16.4. The third kappa shape index (κ3) is 5.33. The number of rotatable bonds is 3. The fourth-order valence-electron chi connectivity index (χ4n) is 1.80. The highest BCUT2D eigenvalue weighted by molar-refractivity contribution is 5.88. The second kappa shape index (κ2) is 8.02. The summed E-state index contributed by atoms with van der Waals surface area (Å²) in [6.45, 7) is 5.81. The molecule has 0 bridgehead atoms. The average Bonchev–Trinajstić information content (AvgIpc) is 2.54. The number of anilines is 1. The van der Waals surface area contributed by atoms with Gasteiger partial charge in [0, 0.05) is 12.4 Å². The average molecular weight is 332 g/mol. The molecule has 0 spiro atoms. The van der Waals surface area contributed by atoms with E-state index in [1.807, 2.05) is 20.8 Å². The minimum Gasteiger partial charge on any atom is -0.478 e. The first-order valence-corrected chi connectivity index (χ1v) is 7.01. The van der Waals surface area contributed by atoms with Gasteiger partial charge in [-0.3, -0.25) is 4.98 Å². The van der Waals surface area contributed by atoms with Crippen molar-refractivity contribution in [2.75, 3.05) is 5.43 Å². The van der Waals surface area contributed by atoms with Crippen LogP contribution in [0.5, 0.6) is 0 Å². The van der Waals surface area contributed by atoms with Gasteiger partial charge in [-0.2, -0.15) is 0 Å². The minimum absolute atomic E-state index is 0.0398. The fraction of sp³-hybridized carbons (Fsp3) is 0.250. The molecule has 0 atom stereocenters. The molecular weight excluding hydrogens is 312 g/mol. The number of nitrogens with one attached hydrogen (secondary N) is 1. The quantitative estimate of drug-likeness (QED) is 0.495. The van der Waals surface area contributed by atoms with Crippen LogP contribution in [0, 0.1) is 0 Å². The number of nitrogens with zero attached hydrogens (tertiary/aromatic N) is 2. The molecule has 0 amide bonds. The van der Waals surface area contributed by atoms with Gasteiger partial charge >= 0.3 is 11.9 Å². The van der Waals surface area contributed by atoms with Crippen molar-refractivity contribution < 1.29 is 19.8 Å². The number of carboxylic acids is 2. The largest absolute Gasteiger partial charge is 0.478 e. The van der Waals surface area contributed by atoms with Crippen LogP contribution in [0.25, 0.3) is 0 Å². The maximum absolute atomic E-state index is 11.0. The summed E-state index contributed by atoms with van der Waals surface area (Å²) in [7, 11) is 0. The summed E-state index contributed by atoms with van der Waals surface area (Å²) in [6, 6.07) is 6.47. The van der Waals surface area contributed by atoms with Crippen LogP contribution in [0.15, 0.2) is 36.7 Å². The summed E-state index contributed by atoms with van der Waals surface area (Å²) >= 11 is 0. The van der Waals surface area contributed by atoms with E-state index in [1.54, 1.807) is 18.2 Å². The predicted octanol–water partition coefficient (Wildman–Crippen LogP) is 2.14. The van der Waals surface area contributed by atoms with Crippen LogP contribution < -0.4 is 11.3 Å². The summed E-state index contributed by atoms with van der Waals surface area (Å²) < 4.78 is 0. The first-order chi connectivity index (χ1) is 11.2. The molecule has 0 aliphatic heterocycles. The topological polar surface area (TPSA) is 138 Å². The van der Waals surface area contributed by atoms with Crippen molar-refractivity contribution in [1.82, 2.24) is 9.97 Å². The van der Waals surface area contributed by atoms with Crippen LogP contribution in [0.2, 0.25) is 0 Å². The summed E-state index contributed by atoms with van der Waals surface area (Å²) in [4.78, 5) is 28.7. The lowest BCUT2D eigenvalue weighted by Crippen LogP contribution is -2.20. The van der Waals surface area contributed by atoms with Crippen LogP contribution >= 0.6 is 0 Å². The third-order valence-corrected chi connectivity index (χ3v) is 2.96. The highest BCUT2D eigenvalue weighted by Crippen LogP contribution is 2.25. The van der Waals surface area contributed by atoms with E-state index in [1.165, 1.54) is 18.5 Å². The Morgan fingerprint density at radius 1 is 1.12 bits per heavy atom. The molecule has 8 nitrogen and oxygen atoms in total. The molecule has 0 unspecified atom stereocenters. The second-order valence-electron chi connectivity index (χ2n) is 5.84. The maximum atomic E-state index is 11.0. The number of pyridine rings is 2. The Morgan fingerprint density at radius 3 is 2.17 bits per heavy atom. The van der Waals surface area contributed by atoms with Crippen molar-refractivity contribution in [3.63, 3.8) is 0 Å². The van der Waals surface area contributed by atoms with Gasteiger partial charge < -0.3 is 15.6 Å². The lowest BCUT2D eigenvalue weighted by molar-refractivity contribution is 0.0680. The van der Waals surface area contributed by atoms with E-state index < -0.39 is 11.9 Å². The second-order valence-corrected chi connectivity index (χ2v) is 5.84. The van der Waals surface area contributed by atoms with Crippen molar-refractivity contribution in [1.29, 1.82) is 0 Å².